The van der Waals surface area contributed by atoms with E-state index in [1.807, 2.05) is 18.2 Å². The number of ether oxygens (including phenoxy) is 1. The summed E-state index contributed by atoms with van der Waals surface area (Å²) in [6.07, 6.45) is 1.21. The van der Waals surface area contributed by atoms with Crippen LogP contribution in [0.2, 0.25) is 0 Å². The summed E-state index contributed by atoms with van der Waals surface area (Å²) < 4.78 is 5.77. The van der Waals surface area contributed by atoms with Crippen molar-refractivity contribution in [3.63, 3.8) is 0 Å². The van der Waals surface area contributed by atoms with E-state index in [0.29, 0.717) is 0 Å². The van der Waals surface area contributed by atoms with Crippen LogP contribution < -0.4 is 4.74 Å². The van der Waals surface area contributed by atoms with E-state index < -0.39 is 0 Å². The zero-order chi connectivity index (χ0) is 11.8. The van der Waals surface area contributed by atoms with Crippen LogP contribution >= 0.6 is 0 Å². The Balaban J connectivity index is 2.32. The van der Waals surface area contributed by atoms with Crippen LogP contribution in [0.25, 0.3) is 0 Å². The quantitative estimate of drug-likeness (QED) is 0.701. The lowest BCUT2D eigenvalue weighted by atomic mass is 10.2. The molecule has 0 aliphatic rings. The Labute approximate surface area is 99.2 Å². The van der Waals surface area contributed by atoms with Gasteiger partial charge < -0.3 is 9.64 Å². The maximum absolute atomic E-state index is 5.77. The molecule has 0 unspecified atom stereocenters. The highest BCUT2D eigenvalue weighted by Gasteiger charge is 2.02. The number of rotatable bonds is 7. The summed E-state index contributed by atoms with van der Waals surface area (Å²) in [4.78, 5) is 2.41. The third-order valence-electron chi connectivity index (χ3n) is 2.75. The second kappa shape index (κ2) is 7.29. The fourth-order valence-electron chi connectivity index (χ4n) is 1.75. The predicted molar refractivity (Wildman–Crippen MR) is 69.1 cm³/mol. The van der Waals surface area contributed by atoms with Crippen LogP contribution in [0.4, 0.5) is 0 Å². The molecule has 0 fully saturated rings. The molecular formula is C14H23NO. The van der Waals surface area contributed by atoms with Crippen LogP contribution in [0.5, 0.6) is 5.75 Å². The fourth-order valence-corrected chi connectivity index (χ4v) is 1.75. The molecule has 0 N–H and O–H groups in total. The average Bonchev–Trinajstić information content (AvgIpc) is 2.30. The lowest BCUT2D eigenvalue weighted by Crippen LogP contribution is -2.29. The van der Waals surface area contributed by atoms with Gasteiger partial charge in [0.2, 0.25) is 0 Å². The summed E-state index contributed by atoms with van der Waals surface area (Å²) >= 11 is 0. The fraction of sp³-hybridized carbons (Fsp3) is 0.571. The first kappa shape index (κ1) is 13.0. The molecule has 0 bridgehead atoms. The third kappa shape index (κ3) is 4.23. The molecule has 0 amide bonds. The van der Waals surface area contributed by atoms with Crippen molar-refractivity contribution in [3.8, 4) is 5.75 Å². The van der Waals surface area contributed by atoms with Gasteiger partial charge in [-0.1, -0.05) is 32.0 Å². The van der Waals surface area contributed by atoms with Gasteiger partial charge in [0.15, 0.2) is 0 Å². The van der Waals surface area contributed by atoms with Crippen LogP contribution in [-0.4, -0.2) is 31.1 Å². The van der Waals surface area contributed by atoms with E-state index in [4.69, 9.17) is 4.74 Å². The second-order valence-electron chi connectivity index (χ2n) is 4.05. The number of likely N-dealkylation sites (N-methyl/N-ethyl adjacent to an activating group) is 1. The Morgan fingerprint density at radius 3 is 2.50 bits per heavy atom. The molecule has 0 aromatic heterocycles. The Hall–Kier alpha value is -1.02. The van der Waals surface area contributed by atoms with Gasteiger partial charge >= 0.3 is 0 Å². The molecule has 0 saturated carbocycles. The van der Waals surface area contributed by atoms with Gasteiger partial charge in [-0.05, 0) is 38.1 Å². The van der Waals surface area contributed by atoms with E-state index >= 15 is 0 Å². The first-order valence-corrected chi connectivity index (χ1v) is 6.18. The van der Waals surface area contributed by atoms with Crippen LogP contribution in [0.1, 0.15) is 25.8 Å². The van der Waals surface area contributed by atoms with Gasteiger partial charge in [0.25, 0.3) is 0 Å². The number of nitrogens with zero attached hydrogens (tertiary/aromatic N) is 1. The van der Waals surface area contributed by atoms with Gasteiger partial charge in [0, 0.05) is 6.54 Å². The highest BCUT2D eigenvalue weighted by Crippen LogP contribution is 2.15. The van der Waals surface area contributed by atoms with E-state index in [0.717, 1.165) is 32.0 Å². The minimum atomic E-state index is 0.776. The molecule has 0 spiro atoms. The summed E-state index contributed by atoms with van der Waals surface area (Å²) in [5.74, 6) is 1.01. The smallest absolute Gasteiger partial charge is 0.122 e. The largest absolute Gasteiger partial charge is 0.492 e. The van der Waals surface area contributed by atoms with E-state index in [-0.39, 0.29) is 0 Å². The Morgan fingerprint density at radius 1 is 1.12 bits per heavy atom. The van der Waals surface area contributed by atoms with Crippen molar-refractivity contribution in [2.75, 3.05) is 26.2 Å². The summed E-state index contributed by atoms with van der Waals surface area (Å²) in [6, 6.07) is 8.17. The van der Waals surface area contributed by atoms with Gasteiger partial charge in [-0.3, -0.25) is 0 Å². The van der Waals surface area contributed by atoms with Crippen LogP contribution in [0.15, 0.2) is 24.3 Å². The molecule has 1 aromatic carbocycles. The highest BCUT2D eigenvalue weighted by atomic mass is 16.5. The molecule has 0 radical (unpaired) electrons. The van der Waals surface area contributed by atoms with E-state index in [1.165, 1.54) is 12.0 Å². The number of hydrogen-bond donors (Lipinski definition) is 0. The number of para-hydroxylation sites is 1. The molecule has 0 aliphatic heterocycles. The third-order valence-corrected chi connectivity index (χ3v) is 2.75. The van der Waals surface area contributed by atoms with Crippen molar-refractivity contribution in [2.24, 2.45) is 0 Å². The number of hydrogen-bond acceptors (Lipinski definition) is 2. The van der Waals surface area contributed by atoms with Gasteiger partial charge in [-0.2, -0.15) is 0 Å². The summed E-state index contributed by atoms with van der Waals surface area (Å²) in [5.41, 5.74) is 1.21. The van der Waals surface area contributed by atoms with Crippen molar-refractivity contribution in [1.29, 1.82) is 0 Å². The van der Waals surface area contributed by atoms with Crippen LogP contribution in [0, 0.1) is 6.92 Å². The predicted octanol–water partition coefficient (Wildman–Crippen LogP) is 3.11. The average molecular weight is 221 g/mol. The van der Waals surface area contributed by atoms with Gasteiger partial charge in [-0.15, -0.1) is 0 Å². The molecule has 0 atom stereocenters. The Kier molecular flexibility index (Phi) is 5.94. The summed E-state index contributed by atoms with van der Waals surface area (Å²) in [7, 11) is 0. The molecule has 0 aliphatic carbocycles. The zero-order valence-electron chi connectivity index (χ0n) is 10.7. The molecule has 1 rings (SSSR count). The van der Waals surface area contributed by atoms with E-state index in [9.17, 15) is 0 Å². The maximum Gasteiger partial charge on any atom is 0.122 e. The molecule has 2 heteroatoms. The normalized spacial score (nSPS) is 10.8. The summed E-state index contributed by atoms with van der Waals surface area (Å²) in [6.45, 7) is 10.5. The first-order valence-electron chi connectivity index (χ1n) is 6.18. The molecule has 1 aromatic rings. The van der Waals surface area contributed by atoms with Crippen molar-refractivity contribution in [2.45, 2.75) is 27.2 Å². The van der Waals surface area contributed by atoms with Crippen LogP contribution in [0.3, 0.4) is 0 Å². The highest BCUT2D eigenvalue weighted by molar-refractivity contribution is 5.31. The lowest BCUT2D eigenvalue weighted by Gasteiger charge is -2.19. The first-order chi connectivity index (χ1) is 7.77. The minimum Gasteiger partial charge on any atom is -0.492 e. The second-order valence-corrected chi connectivity index (χ2v) is 4.05. The SMILES string of the molecule is CCCN(CC)CCOc1ccccc1C. The maximum atomic E-state index is 5.77. The zero-order valence-corrected chi connectivity index (χ0v) is 10.7. The Morgan fingerprint density at radius 2 is 1.88 bits per heavy atom. The summed E-state index contributed by atoms with van der Waals surface area (Å²) in [5, 5.41) is 0. The Bertz CT molecular complexity index is 299. The van der Waals surface area contributed by atoms with Crippen LogP contribution in [-0.2, 0) is 0 Å². The minimum absolute atomic E-state index is 0.776. The molecule has 2 nitrogen and oxygen atoms in total. The van der Waals surface area contributed by atoms with Gasteiger partial charge in [-0.25, -0.2) is 0 Å². The molecule has 0 saturated heterocycles. The van der Waals surface area contributed by atoms with Crippen molar-refractivity contribution in [3.05, 3.63) is 29.8 Å². The van der Waals surface area contributed by atoms with Crippen molar-refractivity contribution < 1.29 is 4.74 Å². The monoisotopic (exact) mass is 221 g/mol. The molecular weight excluding hydrogens is 198 g/mol. The number of aryl methyl sites for hydroxylation is 1. The number of benzene rings is 1. The molecule has 90 valence electrons. The lowest BCUT2D eigenvalue weighted by molar-refractivity contribution is 0.215. The standard InChI is InChI=1S/C14H23NO/c1-4-10-15(5-2)11-12-16-14-9-7-6-8-13(14)3/h6-9H,4-5,10-12H2,1-3H3. The van der Waals surface area contributed by atoms with Gasteiger partial charge in [0.05, 0.1) is 0 Å². The van der Waals surface area contributed by atoms with Crippen molar-refractivity contribution in [1.82, 2.24) is 4.90 Å². The van der Waals surface area contributed by atoms with E-state index in [2.05, 4.69) is 31.7 Å². The molecule has 0 heterocycles. The topological polar surface area (TPSA) is 12.5 Å². The van der Waals surface area contributed by atoms with E-state index in [1.54, 1.807) is 0 Å². The molecule has 16 heavy (non-hydrogen) atoms. The van der Waals surface area contributed by atoms with Crippen molar-refractivity contribution >= 4 is 0 Å². The van der Waals surface area contributed by atoms with Gasteiger partial charge in [0.1, 0.15) is 12.4 Å².